The fourth-order valence-corrected chi connectivity index (χ4v) is 3.33. The highest BCUT2D eigenvalue weighted by molar-refractivity contribution is 8.76. The summed E-state index contributed by atoms with van der Waals surface area (Å²) in [6.45, 7) is 0. The third-order valence-corrected chi connectivity index (χ3v) is 4.29. The van der Waals surface area contributed by atoms with Gasteiger partial charge in [0.25, 0.3) is 0 Å². The number of hydrogen-bond donors (Lipinski definition) is 1. The first-order valence-corrected chi connectivity index (χ1v) is 6.94. The second-order valence-electron chi connectivity index (χ2n) is 3.09. The summed E-state index contributed by atoms with van der Waals surface area (Å²) in [4.78, 5) is 22.9. The molecule has 16 heavy (non-hydrogen) atoms. The van der Waals surface area contributed by atoms with Crippen molar-refractivity contribution in [3.8, 4) is 0 Å². The molecule has 0 unspecified atom stereocenters. The van der Waals surface area contributed by atoms with E-state index in [1.807, 2.05) is 30.3 Å². The van der Waals surface area contributed by atoms with Gasteiger partial charge < -0.3 is 10.1 Å². The van der Waals surface area contributed by atoms with E-state index in [1.165, 1.54) is 10.8 Å². The van der Waals surface area contributed by atoms with E-state index < -0.39 is 18.1 Å². The summed E-state index contributed by atoms with van der Waals surface area (Å²) in [6.07, 6.45) is -0.652. The maximum atomic E-state index is 11.1. The fraction of sp³-hybridized carbons (Fsp3) is 0.200. The molecule has 0 spiro atoms. The molecule has 1 aliphatic heterocycles. The van der Waals surface area contributed by atoms with E-state index in [-0.39, 0.29) is 0 Å². The molecule has 0 aliphatic carbocycles. The van der Waals surface area contributed by atoms with Gasteiger partial charge in [0.2, 0.25) is 0 Å². The molecule has 0 aromatic heterocycles. The molecule has 1 heterocycles. The van der Waals surface area contributed by atoms with Crippen molar-refractivity contribution in [1.29, 1.82) is 0 Å². The minimum Gasteiger partial charge on any atom is -0.375 e. The molecule has 4 nitrogen and oxygen atoms in total. The Morgan fingerprint density at radius 2 is 2.00 bits per heavy atom. The largest absolute Gasteiger partial charge is 0.415 e. The number of nitrogens with one attached hydrogen (secondary N) is 1. The summed E-state index contributed by atoms with van der Waals surface area (Å²) in [5.41, 5.74) is 0. The standard InChI is InChI=1S/C10H9NO3S2/c12-9-8(11-10(13)14-9)6-15-16-7-4-2-1-3-5-7/h1-5,8H,6H2,(H,11,13)/t8-/m0/s1. The first kappa shape index (κ1) is 11.3. The lowest BCUT2D eigenvalue weighted by Gasteiger charge is -2.04. The van der Waals surface area contributed by atoms with Gasteiger partial charge in [0.05, 0.1) is 0 Å². The SMILES string of the molecule is O=C1N[C@@H](CSSc2ccccc2)C(=O)O1. The molecule has 1 aromatic rings. The molecule has 1 N–H and O–H groups in total. The quantitative estimate of drug-likeness (QED) is 0.507. The summed E-state index contributed by atoms with van der Waals surface area (Å²) in [6, 6.07) is 9.31. The van der Waals surface area contributed by atoms with Crippen LogP contribution in [0.15, 0.2) is 35.2 Å². The Bertz CT molecular complexity index is 396. The van der Waals surface area contributed by atoms with Crippen LogP contribution in [-0.4, -0.2) is 23.9 Å². The van der Waals surface area contributed by atoms with Crippen LogP contribution in [0.4, 0.5) is 4.79 Å². The predicted octanol–water partition coefficient (Wildman–Crippen LogP) is 2.06. The van der Waals surface area contributed by atoms with Crippen molar-refractivity contribution in [2.45, 2.75) is 10.9 Å². The van der Waals surface area contributed by atoms with E-state index in [0.717, 1.165) is 4.90 Å². The molecular weight excluding hydrogens is 246 g/mol. The van der Waals surface area contributed by atoms with Crippen LogP contribution in [0.5, 0.6) is 0 Å². The van der Waals surface area contributed by atoms with Gasteiger partial charge in [-0.2, -0.15) is 0 Å². The highest BCUT2D eigenvalue weighted by atomic mass is 33.1. The molecule has 1 aromatic carbocycles. The predicted molar refractivity (Wildman–Crippen MR) is 63.2 cm³/mol. The van der Waals surface area contributed by atoms with Crippen LogP contribution in [0.1, 0.15) is 0 Å². The van der Waals surface area contributed by atoms with Crippen LogP contribution < -0.4 is 5.32 Å². The van der Waals surface area contributed by atoms with E-state index in [9.17, 15) is 9.59 Å². The Morgan fingerprint density at radius 1 is 1.25 bits per heavy atom. The average molecular weight is 255 g/mol. The molecule has 0 saturated carbocycles. The zero-order valence-corrected chi connectivity index (χ0v) is 9.85. The molecule has 1 aliphatic rings. The Labute approximate surface area is 101 Å². The van der Waals surface area contributed by atoms with E-state index in [4.69, 9.17) is 0 Å². The number of cyclic esters (lactones) is 2. The Hall–Kier alpha value is -1.14. The normalized spacial score (nSPS) is 19.4. The van der Waals surface area contributed by atoms with Crippen LogP contribution in [0.25, 0.3) is 0 Å². The number of ether oxygens (including phenoxy) is 1. The van der Waals surface area contributed by atoms with E-state index >= 15 is 0 Å². The van der Waals surface area contributed by atoms with Gasteiger partial charge in [-0.25, -0.2) is 9.59 Å². The average Bonchev–Trinajstić information content (AvgIpc) is 2.59. The lowest BCUT2D eigenvalue weighted by atomic mass is 10.4. The zero-order chi connectivity index (χ0) is 11.4. The zero-order valence-electron chi connectivity index (χ0n) is 8.21. The number of hydrogen-bond acceptors (Lipinski definition) is 5. The van der Waals surface area contributed by atoms with Crippen LogP contribution in [0, 0.1) is 0 Å². The van der Waals surface area contributed by atoms with Gasteiger partial charge in [0.15, 0.2) is 0 Å². The van der Waals surface area contributed by atoms with Gasteiger partial charge in [-0.3, -0.25) is 0 Å². The number of carbonyl (C=O) groups excluding carboxylic acids is 2. The smallest absolute Gasteiger partial charge is 0.375 e. The second kappa shape index (κ2) is 5.27. The minimum atomic E-state index is -0.652. The molecule has 1 fully saturated rings. The van der Waals surface area contributed by atoms with E-state index in [2.05, 4.69) is 10.1 Å². The molecule has 6 heteroatoms. The van der Waals surface area contributed by atoms with Gasteiger partial charge in [-0.15, -0.1) is 0 Å². The number of amides is 1. The van der Waals surface area contributed by atoms with Gasteiger partial charge in [-0.05, 0) is 12.1 Å². The van der Waals surface area contributed by atoms with Crippen molar-refractivity contribution in [1.82, 2.24) is 5.32 Å². The Balaban J connectivity index is 1.76. The number of rotatable bonds is 4. The van der Waals surface area contributed by atoms with Crippen molar-refractivity contribution >= 4 is 33.7 Å². The molecule has 2 rings (SSSR count). The maximum Gasteiger partial charge on any atom is 0.415 e. The minimum absolute atomic E-state index is 0.494. The molecular formula is C10H9NO3S2. The Kier molecular flexibility index (Phi) is 3.74. The summed E-state index contributed by atoms with van der Waals surface area (Å²) >= 11 is 0. The van der Waals surface area contributed by atoms with Crippen LogP contribution in [-0.2, 0) is 9.53 Å². The van der Waals surface area contributed by atoms with Gasteiger partial charge in [-0.1, -0.05) is 39.8 Å². The third kappa shape index (κ3) is 2.93. The molecule has 84 valence electrons. The highest BCUT2D eigenvalue weighted by Gasteiger charge is 2.32. The summed E-state index contributed by atoms with van der Waals surface area (Å²) in [5.74, 6) is 0.00981. The summed E-state index contributed by atoms with van der Waals surface area (Å²) in [7, 11) is 3.08. The molecule has 1 saturated heterocycles. The third-order valence-electron chi connectivity index (χ3n) is 1.90. The monoisotopic (exact) mass is 255 g/mol. The Morgan fingerprint density at radius 3 is 2.62 bits per heavy atom. The lowest BCUT2D eigenvalue weighted by Crippen LogP contribution is -2.30. The summed E-state index contributed by atoms with van der Waals surface area (Å²) in [5, 5.41) is 2.45. The van der Waals surface area contributed by atoms with E-state index in [1.54, 1.807) is 10.8 Å². The lowest BCUT2D eigenvalue weighted by molar-refractivity contribution is -0.134. The fourth-order valence-electron chi connectivity index (χ4n) is 1.15. The molecule has 1 atom stereocenters. The first-order chi connectivity index (χ1) is 7.75. The van der Waals surface area contributed by atoms with E-state index in [0.29, 0.717) is 5.75 Å². The number of carbonyl (C=O) groups is 2. The number of alkyl carbamates (subject to hydrolysis) is 1. The maximum absolute atomic E-state index is 11.1. The second-order valence-corrected chi connectivity index (χ2v) is 5.50. The van der Waals surface area contributed by atoms with Crippen molar-refractivity contribution < 1.29 is 14.3 Å². The number of esters is 1. The molecule has 1 amide bonds. The highest BCUT2D eigenvalue weighted by Crippen LogP contribution is 2.31. The van der Waals surface area contributed by atoms with Gasteiger partial charge in [0, 0.05) is 10.6 Å². The van der Waals surface area contributed by atoms with Crippen LogP contribution in [0.2, 0.25) is 0 Å². The van der Waals surface area contributed by atoms with Crippen molar-refractivity contribution in [2.24, 2.45) is 0 Å². The first-order valence-electron chi connectivity index (χ1n) is 4.62. The summed E-state index contributed by atoms with van der Waals surface area (Å²) < 4.78 is 4.37. The van der Waals surface area contributed by atoms with Gasteiger partial charge >= 0.3 is 12.1 Å². The van der Waals surface area contributed by atoms with Crippen molar-refractivity contribution in [3.63, 3.8) is 0 Å². The van der Waals surface area contributed by atoms with Crippen molar-refractivity contribution in [2.75, 3.05) is 5.75 Å². The van der Waals surface area contributed by atoms with Crippen molar-refractivity contribution in [3.05, 3.63) is 30.3 Å². The van der Waals surface area contributed by atoms with Gasteiger partial charge in [0.1, 0.15) is 6.04 Å². The topological polar surface area (TPSA) is 55.4 Å². The molecule has 0 bridgehead atoms. The number of benzene rings is 1. The van der Waals surface area contributed by atoms with Crippen LogP contribution in [0.3, 0.4) is 0 Å². The van der Waals surface area contributed by atoms with Crippen LogP contribution >= 0.6 is 21.6 Å². The molecule has 0 radical (unpaired) electrons.